The molecule has 5 nitrogen and oxygen atoms in total. The molecule has 0 radical (unpaired) electrons. The molecule has 2 rings (SSSR count). The van der Waals surface area contributed by atoms with Crippen LogP contribution in [-0.4, -0.2) is 35.4 Å². The molecule has 1 aliphatic heterocycles. The smallest absolute Gasteiger partial charge is 0.256 e. The number of hydrogen-bond acceptors (Lipinski definition) is 3. The van der Waals surface area contributed by atoms with Crippen LogP contribution in [0.3, 0.4) is 0 Å². The fourth-order valence-corrected chi connectivity index (χ4v) is 2.68. The topological polar surface area (TPSA) is 56.2 Å². The summed E-state index contributed by atoms with van der Waals surface area (Å²) in [5, 5.41) is 7.72. The molecule has 0 aliphatic carbocycles. The Kier molecular flexibility index (Phi) is 5.43. The van der Waals surface area contributed by atoms with Crippen LogP contribution in [0.2, 0.25) is 5.15 Å². The van der Waals surface area contributed by atoms with Gasteiger partial charge in [-0.2, -0.15) is 5.10 Å². The van der Waals surface area contributed by atoms with E-state index in [0.29, 0.717) is 28.9 Å². The van der Waals surface area contributed by atoms with Crippen molar-refractivity contribution in [3.63, 3.8) is 0 Å². The number of unbranched alkanes of at least 4 members (excludes halogenated alkanes) is 1. The predicted octanol–water partition coefficient (Wildman–Crippen LogP) is 2.41. The molecular weight excluding hydrogens is 278 g/mol. The zero-order valence-corrected chi connectivity index (χ0v) is 12.9. The number of carbonyl (C=O) groups is 1. The van der Waals surface area contributed by atoms with Crippen molar-refractivity contribution >= 4 is 17.5 Å². The summed E-state index contributed by atoms with van der Waals surface area (Å²) in [5.74, 6) is 0.273. The summed E-state index contributed by atoms with van der Waals surface area (Å²) in [6.07, 6.45) is 3.07. The van der Waals surface area contributed by atoms with Crippen molar-refractivity contribution < 1.29 is 9.53 Å². The second-order valence-corrected chi connectivity index (χ2v) is 5.63. The van der Waals surface area contributed by atoms with Gasteiger partial charge in [0.05, 0.1) is 17.9 Å². The fourth-order valence-electron chi connectivity index (χ4n) is 2.34. The van der Waals surface area contributed by atoms with Crippen molar-refractivity contribution in [1.82, 2.24) is 15.1 Å². The quantitative estimate of drug-likeness (QED) is 0.877. The average molecular weight is 300 g/mol. The summed E-state index contributed by atoms with van der Waals surface area (Å²) in [6.45, 7) is 6.83. The molecule has 0 saturated carbocycles. The minimum atomic E-state index is -0.137. The second-order valence-electron chi connectivity index (χ2n) is 5.27. The molecule has 1 aromatic rings. The van der Waals surface area contributed by atoms with Gasteiger partial charge in [0.15, 0.2) is 0 Å². The predicted molar refractivity (Wildman–Crippen MR) is 78.1 cm³/mol. The van der Waals surface area contributed by atoms with Gasteiger partial charge in [0.2, 0.25) is 0 Å². The monoisotopic (exact) mass is 299 g/mol. The van der Waals surface area contributed by atoms with E-state index in [1.54, 1.807) is 4.68 Å². The Labute approximate surface area is 124 Å². The molecule has 20 heavy (non-hydrogen) atoms. The molecule has 0 spiro atoms. The van der Waals surface area contributed by atoms with E-state index in [2.05, 4.69) is 17.3 Å². The van der Waals surface area contributed by atoms with Crippen LogP contribution in [0.1, 0.15) is 42.2 Å². The maximum Gasteiger partial charge on any atom is 0.256 e. The van der Waals surface area contributed by atoms with Gasteiger partial charge in [-0.25, -0.2) is 0 Å². The van der Waals surface area contributed by atoms with Crippen LogP contribution in [-0.2, 0) is 11.3 Å². The summed E-state index contributed by atoms with van der Waals surface area (Å²) in [5.41, 5.74) is 1.19. The standard InChI is InChI=1S/C14H22ClN3O2/c1-3-4-6-18-13(15)12(10(2)17-18)14(19)16-8-11-5-7-20-9-11/h11H,3-9H2,1-2H3,(H,16,19)/t11-/m1/s1. The molecule has 1 saturated heterocycles. The van der Waals surface area contributed by atoms with Gasteiger partial charge in [-0.3, -0.25) is 9.48 Å². The van der Waals surface area contributed by atoms with Gasteiger partial charge >= 0.3 is 0 Å². The number of aryl methyl sites for hydroxylation is 2. The van der Waals surface area contributed by atoms with Crippen LogP contribution in [0, 0.1) is 12.8 Å². The van der Waals surface area contributed by atoms with E-state index in [1.807, 2.05) is 6.92 Å². The number of ether oxygens (including phenoxy) is 1. The van der Waals surface area contributed by atoms with Gasteiger partial charge in [-0.15, -0.1) is 0 Å². The van der Waals surface area contributed by atoms with E-state index < -0.39 is 0 Å². The van der Waals surface area contributed by atoms with Crippen LogP contribution in [0.25, 0.3) is 0 Å². The van der Waals surface area contributed by atoms with Crippen molar-refractivity contribution in [2.45, 2.75) is 39.7 Å². The van der Waals surface area contributed by atoms with Gasteiger partial charge in [-0.1, -0.05) is 24.9 Å². The first-order valence-corrected chi connectivity index (χ1v) is 7.60. The molecule has 0 unspecified atom stereocenters. The van der Waals surface area contributed by atoms with E-state index in [1.165, 1.54) is 0 Å². The fraction of sp³-hybridized carbons (Fsp3) is 0.714. The number of nitrogens with zero attached hydrogens (tertiary/aromatic N) is 2. The van der Waals surface area contributed by atoms with Crippen molar-refractivity contribution in [3.8, 4) is 0 Å². The molecule has 1 amide bonds. The van der Waals surface area contributed by atoms with Crippen LogP contribution in [0.15, 0.2) is 0 Å². The largest absolute Gasteiger partial charge is 0.381 e. The lowest BCUT2D eigenvalue weighted by molar-refractivity contribution is 0.0944. The summed E-state index contributed by atoms with van der Waals surface area (Å²) < 4.78 is 7.01. The Morgan fingerprint density at radius 3 is 3.05 bits per heavy atom. The highest BCUT2D eigenvalue weighted by Gasteiger charge is 2.22. The minimum absolute atomic E-state index is 0.137. The number of halogens is 1. The highest BCUT2D eigenvalue weighted by molar-refractivity contribution is 6.33. The lowest BCUT2D eigenvalue weighted by Gasteiger charge is -2.09. The maximum atomic E-state index is 12.2. The van der Waals surface area contributed by atoms with Gasteiger partial charge in [-0.05, 0) is 19.8 Å². The molecule has 0 bridgehead atoms. The number of amides is 1. The Balaban J connectivity index is 1.99. The Morgan fingerprint density at radius 2 is 2.40 bits per heavy atom. The Hall–Kier alpha value is -1.07. The third-order valence-electron chi connectivity index (χ3n) is 3.59. The zero-order valence-electron chi connectivity index (χ0n) is 12.1. The second kappa shape index (κ2) is 7.09. The van der Waals surface area contributed by atoms with E-state index in [4.69, 9.17) is 16.3 Å². The van der Waals surface area contributed by atoms with E-state index in [9.17, 15) is 4.79 Å². The number of rotatable bonds is 6. The molecule has 1 N–H and O–H groups in total. The lowest BCUT2D eigenvalue weighted by atomic mass is 10.1. The number of aromatic nitrogens is 2. The molecule has 2 heterocycles. The third kappa shape index (κ3) is 3.52. The maximum absolute atomic E-state index is 12.2. The minimum Gasteiger partial charge on any atom is -0.381 e. The van der Waals surface area contributed by atoms with E-state index in [0.717, 1.165) is 39.0 Å². The molecule has 1 aliphatic rings. The third-order valence-corrected chi connectivity index (χ3v) is 3.98. The summed E-state index contributed by atoms with van der Waals surface area (Å²) in [7, 11) is 0. The van der Waals surface area contributed by atoms with E-state index in [-0.39, 0.29) is 5.91 Å². The summed E-state index contributed by atoms with van der Waals surface area (Å²) >= 11 is 6.27. The normalized spacial score (nSPS) is 18.4. The Morgan fingerprint density at radius 1 is 1.60 bits per heavy atom. The van der Waals surface area contributed by atoms with Crippen LogP contribution in [0.5, 0.6) is 0 Å². The number of carbonyl (C=O) groups excluding carboxylic acids is 1. The molecule has 1 fully saturated rings. The highest BCUT2D eigenvalue weighted by Crippen LogP contribution is 2.20. The molecule has 1 aromatic heterocycles. The molecule has 0 aromatic carbocycles. The highest BCUT2D eigenvalue weighted by atomic mass is 35.5. The van der Waals surface area contributed by atoms with Crippen LogP contribution < -0.4 is 5.32 Å². The van der Waals surface area contributed by atoms with Gasteiger partial charge in [0, 0.05) is 25.6 Å². The number of nitrogens with one attached hydrogen (secondary N) is 1. The van der Waals surface area contributed by atoms with Gasteiger partial charge < -0.3 is 10.1 Å². The SMILES string of the molecule is CCCCn1nc(C)c(C(=O)NC[C@H]2CCOC2)c1Cl. The first-order chi connectivity index (χ1) is 9.63. The summed E-state index contributed by atoms with van der Waals surface area (Å²) in [4.78, 5) is 12.2. The van der Waals surface area contributed by atoms with Gasteiger partial charge in [0.1, 0.15) is 5.15 Å². The summed E-state index contributed by atoms with van der Waals surface area (Å²) in [6, 6.07) is 0. The molecule has 6 heteroatoms. The number of hydrogen-bond donors (Lipinski definition) is 1. The Bertz CT molecular complexity index is 467. The van der Waals surface area contributed by atoms with Crippen LogP contribution >= 0.6 is 11.6 Å². The lowest BCUT2D eigenvalue weighted by Crippen LogP contribution is -2.30. The first kappa shape index (κ1) is 15.3. The van der Waals surface area contributed by atoms with Gasteiger partial charge in [0.25, 0.3) is 5.91 Å². The molecule has 1 atom stereocenters. The van der Waals surface area contributed by atoms with Crippen molar-refractivity contribution in [1.29, 1.82) is 0 Å². The zero-order chi connectivity index (χ0) is 14.5. The van der Waals surface area contributed by atoms with Crippen molar-refractivity contribution in [2.75, 3.05) is 19.8 Å². The first-order valence-electron chi connectivity index (χ1n) is 7.22. The van der Waals surface area contributed by atoms with Crippen LogP contribution in [0.4, 0.5) is 0 Å². The molecule has 112 valence electrons. The van der Waals surface area contributed by atoms with E-state index >= 15 is 0 Å². The average Bonchev–Trinajstić information content (AvgIpc) is 3.02. The molecular formula is C14H22ClN3O2. The van der Waals surface area contributed by atoms with Crippen molar-refractivity contribution in [2.24, 2.45) is 5.92 Å². The van der Waals surface area contributed by atoms with Crippen molar-refractivity contribution in [3.05, 3.63) is 16.4 Å².